The largest absolute Gasteiger partial charge is 0.497 e. The van der Waals surface area contributed by atoms with Crippen molar-refractivity contribution in [2.45, 2.75) is 31.2 Å². The maximum Gasteiger partial charge on any atom is 0.355 e. The van der Waals surface area contributed by atoms with Crippen molar-refractivity contribution in [3.63, 3.8) is 0 Å². The minimum absolute atomic E-state index is 0.0311. The van der Waals surface area contributed by atoms with Crippen LogP contribution in [0.15, 0.2) is 51.6 Å². The van der Waals surface area contributed by atoms with E-state index in [0.717, 1.165) is 11.8 Å². The lowest BCUT2D eigenvalue weighted by Crippen LogP contribution is -2.70. The van der Waals surface area contributed by atoms with Gasteiger partial charge in [-0.3, -0.25) is 19.3 Å². The molecule has 15 heteroatoms. The summed E-state index contributed by atoms with van der Waals surface area (Å²) in [4.78, 5) is 60.5. The molecule has 2 N–H and O–H groups in total. The number of hydrogen-bond donors (Lipinski definition) is 2. The van der Waals surface area contributed by atoms with Crippen LogP contribution in [0.2, 0.25) is 0 Å². The van der Waals surface area contributed by atoms with Gasteiger partial charge >= 0.3 is 5.97 Å². The smallest absolute Gasteiger partial charge is 0.355 e. The molecule has 4 rings (SSSR count). The summed E-state index contributed by atoms with van der Waals surface area (Å²) in [5.41, 5.74) is 3.58. The van der Waals surface area contributed by atoms with Crippen LogP contribution >= 0.6 is 34.7 Å². The standard InChI is InChI=1S/C24H24ClN5O7S2/c1-13-10-39-23-19(28-18(32)8-27-37-21(29-17(31)7-25)16-11-38-12-26-16)22(33)30(23)20(13)24(34)36-9-14-3-5-15(35-2)6-4-14/h3-6,8,11-12,19,21,23H,7,9-10H2,1-2H3,(H,28,32)(H,29,31)/t19-,21?,23+/m1/s1. The number of methoxy groups -OCH3 is 1. The number of oxime groups is 1. The number of thiazole rings is 1. The summed E-state index contributed by atoms with van der Waals surface area (Å²) in [7, 11) is 1.56. The number of aromatic nitrogens is 1. The van der Waals surface area contributed by atoms with Crippen molar-refractivity contribution in [3.05, 3.63) is 57.7 Å². The highest BCUT2D eigenvalue weighted by atomic mass is 35.5. The number of benzene rings is 1. The molecule has 0 radical (unpaired) electrons. The van der Waals surface area contributed by atoms with Crippen molar-refractivity contribution in [2.75, 3.05) is 18.7 Å². The number of amides is 3. The first-order chi connectivity index (χ1) is 18.8. The fourth-order valence-corrected chi connectivity index (χ4v) is 5.66. The highest BCUT2D eigenvalue weighted by Gasteiger charge is 2.53. The van der Waals surface area contributed by atoms with Gasteiger partial charge in [0.2, 0.25) is 12.1 Å². The van der Waals surface area contributed by atoms with E-state index in [1.165, 1.54) is 28.0 Å². The maximum absolute atomic E-state index is 12.9. The third-order valence-electron chi connectivity index (χ3n) is 5.65. The van der Waals surface area contributed by atoms with Crippen LogP contribution in [-0.2, 0) is 35.4 Å². The van der Waals surface area contributed by atoms with Crippen molar-refractivity contribution < 1.29 is 33.5 Å². The van der Waals surface area contributed by atoms with Gasteiger partial charge in [0.15, 0.2) is 0 Å². The monoisotopic (exact) mass is 593 g/mol. The number of thioether (sulfide) groups is 1. The molecule has 2 aliphatic heterocycles. The molecule has 1 aromatic heterocycles. The molecule has 12 nitrogen and oxygen atoms in total. The van der Waals surface area contributed by atoms with Crippen molar-refractivity contribution in [2.24, 2.45) is 5.16 Å². The van der Waals surface area contributed by atoms with E-state index in [4.69, 9.17) is 25.9 Å². The van der Waals surface area contributed by atoms with Crippen molar-refractivity contribution in [3.8, 4) is 5.75 Å². The second-order valence-electron chi connectivity index (χ2n) is 8.28. The van der Waals surface area contributed by atoms with Crippen molar-refractivity contribution in [1.29, 1.82) is 0 Å². The Morgan fingerprint density at radius 2 is 2.08 bits per heavy atom. The van der Waals surface area contributed by atoms with Crippen LogP contribution in [0.25, 0.3) is 0 Å². The molecular weight excluding hydrogens is 570 g/mol. The number of β-lactam (4-membered cyclic amide) rings is 1. The number of hydrogen-bond acceptors (Lipinski definition) is 11. The van der Waals surface area contributed by atoms with Crippen LogP contribution in [0, 0.1) is 0 Å². The predicted octanol–water partition coefficient (Wildman–Crippen LogP) is 1.92. The van der Waals surface area contributed by atoms with Gasteiger partial charge in [-0.25, -0.2) is 9.78 Å². The lowest BCUT2D eigenvalue weighted by atomic mass is 10.0. The maximum atomic E-state index is 12.9. The average Bonchev–Trinajstić information content (AvgIpc) is 3.49. The zero-order valence-electron chi connectivity index (χ0n) is 20.8. The van der Waals surface area contributed by atoms with Crippen LogP contribution in [0.5, 0.6) is 5.75 Å². The Morgan fingerprint density at radius 3 is 2.74 bits per heavy atom. The second-order valence-corrected chi connectivity index (χ2v) is 10.4. The molecule has 0 spiro atoms. The molecule has 1 saturated heterocycles. The Kier molecular flexibility index (Phi) is 9.43. The van der Waals surface area contributed by atoms with Gasteiger partial charge in [0.25, 0.3) is 11.8 Å². The number of fused-ring (bicyclic) bond motifs is 1. The van der Waals surface area contributed by atoms with E-state index in [0.29, 0.717) is 22.8 Å². The summed E-state index contributed by atoms with van der Waals surface area (Å²) in [5, 5.41) is 9.85. The number of esters is 1. The zero-order chi connectivity index (χ0) is 27.9. The normalized spacial score (nSPS) is 19.2. The summed E-state index contributed by atoms with van der Waals surface area (Å²) < 4.78 is 10.6. The Balaban J connectivity index is 1.32. The number of carbonyl (C=O) groups is 4. The molecule has 206 valence electrons. The van der Waals surface area contributed by atoms with E-state index in [9.17, 15) is 19.2 Å². The molecule has 0 bridgehead atoms. The van der Waals surface area contributed by atoms with Gasteiger partial charge < -0.3 is 24.9 Å². The number of nitrogens with zero attached hydrogens (tertiary/aromatic N) is 3. The fourth-order valence-electron chi connectivity index (χ4n) is 3.72. The first-order valence-electron chi connectivity index (χ1n) is 11.5. The van der Waals surface area contributed by atoms with Crippen molar-refractivity contribution >= 4 is 64.6 Å². The molecule has 1 aromatic carbocycles. The number of nitrogens with one attached hydrogen (secondary N) is 2. The quantitative estimate of drug-likeness (QED) is 0.0995. The second kappa shape index (κ2) is 13.0. The molecule has 0 saturated carbocycles. The first kappa shape index (κ1) is 28.4. The highest BCUT2D eigenvalue weighted by molar-refractivity contribution is 8.00. The summed E-state index contributed by atoms with van der Waals surface area (Å²) in [6.07, 6.45) is -0.193. The summed E-state index contributed by atoms with van der Waals surface area (Å²) in [5.74, 6) is -1.38. The Morgan fingerprint density at radius 1 is 1.31 bits per heavy atom. The number of halogens is 1. The molecule has 3 heterocycles. The van der Waals surface area contributed by atoms with Crippen LogP contribution in [0.4, 0.5) is 0 Å². The zero-order valence-corrected chi connectivity index (χ0v) is 23.2. The van der Waals surface area contributed by atoms with E-state index in [2.05, 4.69) is 20.8 Å². The van der Waals surface area contributed by atoms with Gasteiger partial charge in [-0.15, -0.1) is 34.7 Å². The van der Waals surface area contributed by atoms with Gasteiger partial charge in [0.1, 0.15) is 47.3 Å². The molecule has 2 aliphatic rings. The molecule has 1 fully saturated rings. The average molecular weight is 594 g/mol. The van der Waals surface area contributed by atoms with Gasteiger partial charge in [-0.2, -0.15) is 0 Å². The van der Waals surface area contributed by atoms with Gasteiger partial charge in [-0.05, 0) is 30.2 Å². The molecule has 3 amide bonds. The number of carbonyl (C=O) groups excluding carboxylic acids is 4. The molecular formula is C24H24ClN5O7S2. The SMILES string of the molecule is COc1ccc(COC(=O)C2=C(C)CS[C@H]3[C@H](NC(=O)C=NOC(NC(=O)CCl)c4cscn4)C(=O)N23)cc1. The Bertz CT molecular complexity index is 1290. The summed E-state index contributed by atoms with van der Waals surface area (Å²) >= 11 is 8.23. The topological polar surface area (TPSA) is 149 Å². The van der Waals surface area contributed by atoms with E-state index >= 15 is 0 Å². The predicted molar refractivity (Wildman–Crippen MR) is 144 cm³/mol. The minimum Gasteiger partial charge on any atom is -0.497 e. The lowest BCUT2D eigenvalue weighted by Gasteiger charge is -2.49. The van der Waals surface area contributed by atoms with E-state index in [-0.39, 0.29) is 18.2 Å². The van der Waals surface area contributed by atoms with Crippen LogP contribution < -0.4 is 15.4 Å². The first-order valence-corrected chi connectivity index (χ1v) is 14.0. The van der Waals surface area contributed by atoms with Gasteiger partial charge in [0, 0.05) is 11.1 Å². The van der Waals surface area contributed by atoms with Crippen LogP contribution in [-0.4, -0.2) is 69.9 Å². The molecule has 3 atom stereocenters. The van der Waals surface area contributed by atoms with Crippen molar-refractivity contribution in [1.82, 2.24) is 20.5 Å². The molecule has 0 aliphatic carbocycles. The molecule has 1 unspecified atom stereocenters. The number of ether oxygens (including phenoxy) is 2. The molecule has 39 heavy (non-hydrogen) atoms. The highest BCUT2D eigenvalue weighted by Crippen LogP contribution is 2.40. The third kappa shape index (κ3) is 6.69. The fraction of sp³-hybridized carbons (Fsp3) is 0.333. The van der Waals surface area contributed by atoms with Gasteiger partial charge in [-0.1, -0.05) is 17.3 Å². The summed E-state index contributed by atoms with van der Waals surface area (Å²) in [6.45, 7) is 1.79. The lowest BCUT2D eigenvalue weighted by molar-refractivity contribution is -0.153. The summed E-state index contributed by atoms with van der Waals surface area (Å²) in [6, 6.07) is 6.22. The Labute approximate surface area is 236 Å². The molecule has 2 aromatic rings. The van der Waals surface area contributed by atoms with Crippen LogP contribution in [0.3, 0.4) is 0 Å². The van der Waals surface area contributed by atoms with E-state index in [1.54, 1.807) is 49.2 Å². The number of rotatable bonds is 11. The van der Waals surface area contributed by atoms with Gasteiger partial charge in [0.05, 0.1) is 12.6 Å². The minimum atomic E-state index is -1.04. The number of alkyl halides is 1. The van der Waals surface area contributed by atoms with E-state index in [1.807, 2.05) is 0 Å². The van der Waals surface area contributed by atoms with Crippen LogP contribution in [0.1, 0.15) is 24.4 Å². The Hall–Kier alpha value is -3.62. The third-order valence-corrected chi connectivity index (χ3v) is 7.92. The van der Waals surface area contributed by atoms with E-state index < -0.39 is 41.3 Å².